The number of imidazole rings is 1. The zero-order valence-corrected chi connectivity index (χ0v) is 26.8. The lowest BCUT2D eigenvalue weighted by atomic mass is 10.1. The second-order valence-electron chi connectivity index (χ2n) is 10.3. The number of aromatic amines is 1. The summed E-state index contributed by atoms with van der Waals surface area (Å²) in [7, 11) is 1.62. The van der Waals surface area contributed by atoms with E-state index in [1.165, 1.54) is 17.2 Å². The number of H-pyrrole nitrogens is 1. The van der Waals surface area contributed by atoms with Crippen molar-refractivity contribution in [3.8, 4) is 0 Å². The lowest BCUT2D eigenvalue weighted by Crippen LogP contribution is -2.35. The Balaban J connectivity index is 1.21. The summed E-state index contributed by atoms with van der Waals surface area (Å²) >= 11 is 8.02. The molecule has 2 bridgehead atoms. The van der Waals surface area contributed by atoms with Crippen LogP contribution in [0.5, 0.6) is 0 Å². The van der Waals surface area contributed by atoms with Gasteiger partial charge in [-0.1, -0.05) is 24.5 Å². The summed E-state index contributed by atoms with van der Waals surface area (Å²) in [5, 5.41) is 13.5. The van der Waals surface area contributed by atoms with Crippen LogP contribution in [0.15, 0.2) is 30.0 Å². The van der Waals surface area contributed by atoms with Gasteiger partial charge in [0.05, 0.1) is 25.9 Å². The molecule has 4 aromatic heterocycles. The van der Waals surface area contributed by atoms with E-state index in [4.69, 9.17) is 27.6 Å². The number of anilines is 1. The summed E-state index contributed by atoms with van der Waals surface area (Å²) in [6.07, 6.45) is -8.20. The lowest BCUT2D eigenvalue weighted by Gasteiger charge is -2.26. The number of hydrogen-bond acceptors (Lipinski definition) is 15. The number of aliphatic hydroxyl groups excluding tert-OH is 1. The van der Waals surface area contributed by atoms with E-state index in [0.29, 0.717) is 11.3 Å². The van der Waals surface area contributed by atoms with Gasteiger partial charge >= 0.3 is 13.6 Å². The molecule has 3 aliphatic heterocycles. The van der Waals surface area contributed by atoms with E-state index in [2.05, 4.69) is 54.7 Å². The molecular weight excluding hydrogens is 700 g/mol. The monoisotopic (exact) mass is 724 g/mol. The molecule has 3 aliphatic rings. The zero-order chi connectivity index (χ0) is 32.5. The number of aromatic nitrogens is 7. The highest BCUT2D eigenvalue weighted by atomic mass is 32.7. The number of nitrogens with one attached hydrogen (secondary N) is 2. The first-order chi connectivity index (χ1) is 21.9. The molecule has 0 aromatic carbocycles. The Kier molecular flexibility index (Phi) is 8.29. The standard InChI is InChI=1S/C22H24F2N8O10P2S2/c1-25-17-13-19(28-5-26-17)32(7-30-13)21-12(24)15-10(40-21)4-38-44(36,46)42-16-14(33)9(3-37-43(35,45)41-15)39-22(16)31-2-8(23)11-18(31)27-6-29-20(11)34/h2,5-7,9-10,12,14-16,21-22,33H,3-4H2,1H3,(H,35,45)(H,36,46)(H,25,26,28)(H,27,29,34)/t9-,10-,12-,14-,15-,16-,21-,22-,43?,44?/m1/s1. The average molecular weight is 725 g/mol. The second-order valence-corrected chi connectivity index (χ2v) is 16.1. The van der Waals surface area contributed by atoms with E-state index in [0.717, 1.165) is 17.1 Å². The quantitative estimate of drug-likeness (QED) is 0.151. The minimum atomic E-state index is -4.46. The SMILES string of the molecule is CNc1ncnc2c1ncn2[C@@H]1O[C@@H]2COP(=O)(S)O[C@@H]3[C@H](O)[C@@H](COP(=O)(S)O[C@H]2[C@H]1F)O[C@H]3n1cc(F)c2c(=O)[nH]cnc21. The molecule has 7 heterocycles. The molecular formula is C22H24F2N8O10P2S2. The van der Waals surface area contributed by atoms with Crippen LogP contribution >= 0.6 is 38.1 Å². The van der Waals surface area contributed by atoms with Gasteiger partial charge in [-0.3, -0.25) is 27.5 Å². The first-order valence-electron chi connectivity index (χ1n) is 13.4. The van der Waals surface area contributed by atoms with Crippen LogP contribution in [0.3, 0.4) is 0 Å². The van der Waals surface area contributed by atoms with E-state index in [-0.39, 0.29) is 11.3 Å². The molecule has 18 nitrogen and oxygen atoms in total. The number of fused-ring (bicyclic) bond motifs is 5. The Morgan fingerprint density at radius 1 is 1.00 bits per heavy atom. The van der Waals surface area contributed by atoms with E-state index < -0.39 is 92.7 Å². The molecule has 46 heavy (non-hydrogen) atoms. The van der Waals surface area contributed by atoms with Crippen molar-refractivity contribution >= 4 is 66.1 Å². The van der Waals surface area contributed by atoms with Crippen LogP contribution in [0.2, 0.25) is 0 Å². The van der Waals surface area contributed by atoms with Gasteiger partial charge in [-0.25, -0.2) is 37.8 Å². The Bertz CT molecular complexity index is 1970. The predicted octanol–water partition coefficient (Wildman–Crippen LogP) is 2.13. The van der Waals surface area contributed by atoms with Gasteiger partial charge in [0.15, 0.2) is 41.6 Å². The number of aliphatic hydroxyl groups is 1. The molecule has 4 aromatic rings. The summed E-state index contributed by atoms with van der Waals surface area (Å²) in [5.41, 5.74) is -0.455. The summed E-state index contributed by atoms with van der Waals surface area (Å²) in [6, 6.07) is 0. The minimum Gasteiger partial charge on any atom is -0.387 e. The highest BCUT2D eigenvalue weighted by Gasteiger charge is 2.54. The highest BCUT2D eigenvalue weighted by molar-refractivity contribution is 8.44. The minimum absolute atomic E-state index is 0.186. The number of thiol groups is 2. The molecule has 0 spiro atoms. The Morgan fingerprint density at radius 2 is 1.70 bits per heavy atom. The summed E-state index contributed by atoms with van der Waals surface area (Å²) in [4.78, 5) is 30.9. The third kappa shape index (κ3) is 5.58. The van der Waals surface area contributed by atoms with Crippen LogP contribution in [-0.4, -0.2) is 96.1 Å². The molecule has 24 heteroatoms. The molecule has 10 atom stereocenters. The van der Waals surface area contributed by atoms with Gasteiger partial charge in [0.1, 0.15) is 47.8 Å². The first-order valence-corrected chi connectivity index (χ1v) is 18.8. The molecule has 3 N–H and O–H groups in total. The maximum Gasteiger partial charge on any atom is 0.386 e. The molecule has 0 aliphatic carbocycles. The molecule has 3 saturated heterocycles. The summed E-state index contributed by atoms with van der Waals surface area (Å²) < 4.78 is 93.8. The number of ether oxygens (including phenoxy) is 2. The van der Waals surface area contributed by atoms with Crippen LogP contribution in [0.1, 0.15) is 12.5 Å². The van der Waals surface area contributed by atoms with Gasteiger partial charge in [0.2, 0.25) is 0 Å². The molecule has 2 unspecified atom stereocenters. The van der Waals surface area contributed by atoms with Crippen molar-refractivity contribution in [3.63, 3.8) is 0 Å². The predicted molar refractivity (Wildman–Crippen MR) is 159 cm³/mol. The third-order valence-corrected chi connectivity index (χ3v) is 10.8. The number of alkyl halides is 1. The van der Waals surface area contributed by atoms with Crippen LogP contribution in [0, 0.1) is 5.82 Å². The fourth-order valence-electron chi connectivity index (χ4n) is 5.54. The normalized spacial score (nSPS) is 37.1. The van der Waals surface area contributed by atoms with Crippen molar-refractivity contribution in [2.24, 2.45) is 0 Å². The maximum absolute atomic E-state index is 16.1. The van der Waals surface area contributed by atoms with Gasteiger partial charge in [-0.05, 0) is 0 Å². The molecule has 0 saturated carbocycles. The van der Waals surface area contributed by atoms with Crippen molar-refractivity contribution in [1.29, 1.82) is 0 Å². The van der Waals surface area contributed by atoms with Crippen LogP contribution in [-0.2, 0) is 36.7 Å². The van der Waals surface area contributed by atoms with Crippen molar-refractivity contribution in [2.45, 2.75) is 49.1 Å². The number of nitrogens with zero attached hydrogens (tertiary/aromatic N) is 6. The van der Waals surface area contributed by atoms with Gasteiger partial charge in [0.25, 0.3) is 5.56 Å². The van der Waals surface area contributed by atoms with E-state index in [1.807, 2.05) is 0 Å². The van der Waals surface area contributed by atoms with E-state index in [1.54, 1.807) is 7.05 Å². The lowest BCUT2D eigenvalue weighted by molar-refractivity contribution is -0.0568. The number of hydrogen-bond donors (Lipinski definition) is 5. The van der Waals surface area contributed by atoms with Crippen molar-refractivity contribution in [2.75, 3.05) is 25.6 Å². The Morgan fingerprint density at radius 3 is 2.43 bits per heavy atom. The Hall–Kier alpha value is -2.49. The van der Waals surface area contributed by atoms with E-state index in [9.17, 15) is 23.4 Å². The highest BCUT2D eigenvalue weighted by Crippen LogP contribution is 2.60. The van der Waals surface area contributed by atoms with E-state index >= 15 is 4.39 Å². The molecule has 0 radical (unpaired) electrons. The fraction of sp³-hybridized carbons (Fsp3) is 0.500. The molecule has 248 valence electrons. The van der Waals surface area contributed by atoms with Crippen molar-refractivity contribution < 1.29 is 50.6 Å². The van der Waals surface area contributed by atoms with Gasteiger partial charge in [-0.2, -0.15) is 0 Å². The third-order valence-electron chi connectivity index (χ3n) is 7.61. The van der Waals surface area contributed by atoms with Gasteiger partial charge in [-0.15, -0.1) is 0 Å². The molecule has 3 fully saturated rings. The number of rotatable bonds is 3. The summed E-state index contributed by atoms with van der Waals surface area (Å²) in [6.45, 7) is -10.2. The zero-order valence-electron chi connectivity index (χ0n) is 23.2. The second kappa shape index (κ2) is 11.9. The molecule has 7 rings (SSSR count). The topological polar surface area (TPSA) is 216 Å². The van der Waals surface area contributed by atoms with Crippen molar-refractivity contribution in [3.05, 3.63) is 41.3 Å². The van der Waals surface area contributed by atoms with Gasteiger partial charge in [0, 0.05) is 13.2 Å². The van der Waals surface area contributed by atoms with Crippen LogP contribution in [0.25, 0.3) is 22.2 Å². The fourth-order valence-corrected chi connectivity index (χ4v) is 8.48. The van der Waals surface area contributed by atoms with Crippen molar-refractivity contribution in [1.82, 2.24) is 34.1 Å². The smallest absolute Gasteiger partial charge is 0.386 e. The average Bonchev–Trinajstić information content (AvgIpc) is 3.75. The summed E-state index contributed by atoms with van der Waals surface area (Å²) in [5.74, 6) is -0.593. The van der Waals surface area contributed by atoms with Gasteiger partial charge < -0.3 is 29.4 Å². The van der Waals surface area contributed by atoms with Crippen LogP contribution in [0.4, 0.5) is 14.6 Å². The first kappa shape index (κ1) is 32.1. The largest absolute Gasteiger partial charge is 0.387 e. The van der Waals surface area contributed by atoms with Crippen LogP contribution < -0.4 is 10.9 Å². The maximum atomic E-state index is 16.1. The Labute approximate surface area is 266 Å². The molecule has 0 amide bonds. The number of halogens is 2.